The van der Waals surface area contributed by atoms with Crippen LogP contribution in [0, 0.1) is 0 Å². The highest BCUT2D eigenvalue weighted by molar-refractivity contribution is 7.14. The minimum absolute atomic E-state index is 0.222. The molecule has 0 saturated heterocycles. The summed E-state index contributed by atoms with van der Waals surface area (Å²) in [7, 11) is 1.69. The van der Waals surface area contributed by atoms with Crippen LogP contribution in [0.15, 0.2) is 0 Å². The molecule has 1 atom stereocenters. The van der Waals surface area contributed by atoms with Crippen LogP contribution in [-0.2, 0) is 0 Å². The summed E-state index contributed by atoms with van der Waals surface area (Å²) in [5, 5.41) is 7.95. The van der Waals surface area contributed by atoms with E-state index < -0.39 is 6.03 Å². The van der Waals surface area contributed by atoms with Crippen molar-refractivity contribution in [3.05, 3.63) is 0 Å². The zero-order valence-corrected chi connectivity index (χ0v) is 4.11. The summed E-state index contributed by atoms with van der Waals surface area (Å²) in [6, 6.07) is -0.889. The van der Waals surface area contributed by atoms with E-state index in [4.69, 9.17) is 5.21 Å². The van der Waals surface area contributed by atoms with Crippen molar-refractivity contribution in [1.29, 1.82) is 0 Å². The van der Waals surface area contributed by atoms with Gasteiger partial charge in [0, 0.05) is 0 Å². The van der Waals surface area contributed by atoms with Gasteiger partial charge in [0.25, 0.3) is 0 Å². The number of hydrogen-bond acceptors (Lipinski definition) is 2. The third kappa shape index (κ3) is 1.93. The van der Waals surface area contributed by atoms with Gasteiger partial charge in [-0.05, 0) is 9.39 Å². The number of carbonyl (C=O) groups is 1. The average molecular weight is 108 g/mol. The summed E-state index contributed by atoms with van der Waals surface area (Å²) in [5.41, 5.74) is 4.45. The maximum absolute atomic E-state index is 9.58. The van der Waals surface area contributed by atoms with E-state index in [1.807, 2.05) is 0 Å². The van der Waals surface area contributed by atoms with Crippen molar-refractivity contribution in [3.63, 3.8) is 0 Å². The molecule has 0 spiro atoms. The monoisotopic (exact) mass is 108 g/mol. The number of primary amides is 1. The van der Waals surface area contributed by atoms with Gasteiger partial charge in [-0.2, -0.15) is 4.83 Å². The standard InChI is InChI=1S/CH5N2O2P/c2-1(4)3(5)6/h5H,6H2,(H2,2,4). The molecule has 0 aromatic carbocycles. The molecule has 0 fully saturated rings. The summed E-state index contributed by atoms with van der Waals surface area (Å²) >= 11 is 0. The number of hydroxylamine groups is 1. The second-order valence-corrected chi connectivity index (χ2v) is 1.17. The molecule has 4 nitrogen and oxygen atoms in total. The van der Waals surface area contributed by atoms with Crippen LogP contribution in [0.3, 0.4) is 0 Å². The first kappa shape index (κ1) is 5.66. The van der Waals surface area contributed by atoms with Crippen LogP contribution in [0.25, 0.3) is 0 Å². The average Bonchev–Trinajstić information content (AvgIpc) is 1.36. The van der Waals surface area contributed by atoms with E-state index in [9.17, 15) is 4.79 Å². The second kappa shape index (κ2) is 1.95. The molecule has 0 aliphatic rings. The van der Waals surface area contributed by atoms with Crippen molar-refractivity contribution in [3.8, 4) is 0 Å². The lowest BCUT2D eigenvalue weighted by molar-refractivity contribution is 0.0566. The lowest BCUT2D eigenvalue weighted by Gasteiger charge is -1.98. The summed E-state index contributed by atoms with van der Waals surface area (Å²) < 4.78 is 0. The van der Waals surface area contributed by atoms with Gasteiger partial charge in [0.15, 0.2) is 0 Å². The van der Waals surface area contributed by atoms with Gasteiger partial charge in [-0.25, -0.2) is 4.79 Å². The predicted octanol–water partition coefficient (Wildman–Crippen LogP) is -0.454. The molecule has 1 unspecified atom stereocenters. The maximum Gasteiger partial charge on any atom is 0.341 e. The molecule has 36 valence electrons. The Labute approximate surface area is 37.1 Å². The van der Waals surface area contributed by atoms with Crippen LogP contribution in [0.5, 0.6) is 0 Å². The Balaban J connectivity index is 3.26. The fourth-order valence-electron chi connectivity index (χ4n) is 0. The number of urea groups is 1. The normalized spacial score (nSPS) is 7.67. The van der Waals surface area contributed by atoms with Gasteiger partial charge >= 0.3 is 6.03 Å². The first-order chi connectivity index (χ1) is 2.64. The quantitative estimate of drug-likeness (QED) is 0.250. The molecule has 0 heterocycles. The fourth-order valence-corrected chi connectivity index (χ4v) is 0. The molecule has 3 N–H and O–H groups in total. The van der Waals surface area contributed by atoms with Crippen molar-refractivity contribution in [1.82, 2.24) is 4.83 Å². The number of nitrogens with two attached hydrogens (primary N) is 1. The Bertz CT molecular complexity index is 62.6. The fraction of sp³-hybridized carbons (Fsp3) is 0. The molecule has 0 bridgehead atoms. The van der Waals surface area contributed by atoms with Crippen LogP contribution < -0.4 is 5.73 Å². The highest BCUT2D eigenvalue weighted by Crippen LogP contribution is 1.86. The van der Waals surface area contributed by atoms with E-state index in [-0.39, 0.29) is 4.83 Å². The van der Waals surface area contributed by atoms with E-state index in [1.54, 1.807) is 9.39 Å². The Kier molecular flexibility index (Phi) is 1.84. The Morgan fingerprint density at radius 3 is 2.17 bits per heavy atom. The van der Waals surface area contributed by atoms with E-state index in [2.05, 4.69) is 5.73 Å². The zero-order chi connectivity index (χ0) is 5.15. The van der Waals surface area contributed by atoms with E-state index in [1.165, 1.54) is 0 Å². The number of rotatable bonds is 0. The molecule has 0 aromatic rings. The largest absolute Gasteiger partial charge is 0.349 e. The molecule has 0 aliphatic carbocycles. The SMILES string of the molecule is NC(=O)N(O)P. The lowest BCUT2D eigenvalue weighted by atomic mass is 11.2. The number of amides is 2. The van der Waals surface area contributed by atoms with Gasteiger partial charge in [-0.1, -0.05) is 0 Å². The third-order valence-corrected chi connectivity index (χ3v) is 0.480. The van der Waals surface area contributed by atoms with E-state index >= 15 is 0 Å². The highest BCUT2D eigenvalue weighted by Gasteiger charge is 1.91. The molecule has 2 amide bonds. The number of hydrogen-bond donors (Lipinski definition) is 2. The van der Waals surface area contributed by atoms with E-state index in [0.29, 0.717) is 0 Å². The summed E-state index contributed by atoms with van der Waals surface area (Å²) in [6.45, 7) is 0. The molecule has 0 saturated carbocycles. The van der Waals surface area contributed by atoms with Crippen molar-refractivity contribution < 1.29 is 10.0 Å². The molecule has 0 rings (SSSR count). The summed E-state index contributed by atoms with van der Waals surface area (Å²) in [4.78, 5) is 9.80. The van der Waals surface area contributed by atoms with Gasteiger partial charge in [-0.15, -0.1) is 0 Å². The van der Waals surface area contributed by atoms with Gasteiger partial charge in [0.1, 0.15) is 0 Å². The Morgan fingerprint density at radius 1 is 2.00 bits per heavy atom. The first-order valence-corrected chi connectivity index (χ1v) is 1.69. The molecular formula is CH5N2O2P. The Morgan fingerprint density at radius 2 is 2.17 bits per heavy atom. The first-order valence-electron chi connectivity index (χ1n) is 1.17. The van der Waals surface area contributed by atoms with Crippen molar-refractivity contribution >= 4 is 15.4 Å². The molecule has 0 aliphatic heterocycles. The predicted molar refractivity (Wildman–Crippen MR) is 22.9 cm³/mol. The number of nitrogens with zero attached hydrogens (tertiary/aromatic N) is 1. The molecule has 0 aromatic heterocycles. The third-order valence-electron chi connectivity index (χ3n) is 0.226. The molecule has 0 radical (unpaired) electrons. The zero-order valence-electron chi connectivity index (χ0n) is 2.96. The van der Waals surface area contributed by atoms with Gasteiger partial charge in [0.2, 0.25) is 0 Å². The van der Waals surface area contributed by atoms with Gasteiger partial charge in [0.05, 0.1) is 0 Å². The van der Waals surface area contributed by atoms with Gasteiger partial charge in [-0.3, -0.25) is 5.21 Å². The topological polar surface area (TPSA) is 66.6 Å². The summed E-state index contributed by atoms with van der Waals surface area (Å²) in [5.74, 6) is 0. The van der Waals surface area contributed by atoms with Crippen molar-refractivity contribution in [2.45, 2.75) is 0 Å². The van der Waals surface area contributed by atoms with Crippen LogP contribution in [0.1, 0.15) is 0 Å². The smallest absolute Gasteiger partial charge is 0.341 e. The molecule has 6 heavy (non-hydrogen) atoms. The minimum atomic E-state index is -0.889. The lowest BCUT2D eigenvalue weighted by Crippen LogP contribution is -2.23. The van der Waals surface area contributed by atoms with Gasteiger partial charge < -0.3 is 5.73 Å². The number of carbonyl (C=O) groups excluding carboxylic acids is 1. The minimum Gasteiger partial charge on any atom is -0.349 e. The van der Waals surface area contributed by atoms with Crippen LogP contribution in [0.4, 0.5) is 4.79 Å². The van der Waals surface area contributed by atoms with Crippen LogP contribution in [0.2, 0.25) is 0 Å². The van der Waals surface area contributed by atoms with Crippen LogP contribution in [-0.4, -0.2) is 16.1 Å². The van der Waals surface area contributed by atoms with Crippen molar-refractivity contribution in [2.24, 2.45) is 5.73 Å². The molecule has 5 heteroatoms. The van der Waals surface area contributed by atoms with Crippen molar-refractivity contribution in [2.75, 3.05) is 0 Å². The Hall–Kier alpha value is -0.340. The summed E-state index contributed by atoms with van der Waals surface area (Å²) in [6.07, 6.45) is 0. The second-order valence-electron chi connectivity index (χ2n) is 0.683. The van der Waals surface area contributed by atoms with Crippen LogP contribution >= 0.6 is 9.39 Å². The van der Waals surface area contributed by atoms with E-state index in [0.717, 1.165) is 0 Å². The molecular weight excluding hydrogens is 103 g/mol. The highest BCUT2D eigenvalue weighted by atomic mass is 31.0. The maximum atomic E-state index is 9.58.